The van der Waals surface area contributed by atoms with Gasteiger partial charge >= 0.3 is 12.1 Å². The summed E-state index contributed by atoms with van der Waals surface area (Å²) in [6.07, 6.45) is 2.80. The molecule has 0 saturated carbocycles. The zero-order chi connectivity index (χ0) is 17.7. The maximum atomic E-state index is 12.4. The van der Waals surface area contributed by atoms with Gasteiger partial charge in [-0.3, -0.25) is 4.90 Å². The summed E-state index contributed by atoms with van der Waals surface area (Å²) in [4.78, 5) is 25.9. The number of hydrogen-bond donors (Lipinski definition) is 0. The van der Waals surface area contributed by atoms with E-state index in [0.717, 1.165) is 12.0 Å². The van der Waals surface area contributed by atoms with E-state index in [2.05, 4.69) is 0 Å². The lowest BCUT2D eigenvalue weighted by molar-refractivity contribution is -0.145. The first-order chi connectivity index (χ1) is 11.3. The number of methoxy groups -OCH3 is 1. The van der Waals surface area contributed by atoms with Crippen molar-refractivity contribution in [2.24, 2.45) is 0 Å². The number of carbonyl (C=O) groups is 2. The van der Waals surface area contributed by atoms with Crippen molar-refractivity contribution in [1.29, 1.82) is 0 Å². The third-order valence-electron chi connectivity index (χ3n) is 3.75. The highest BCUT2D eigenvalue weighted by Gasteiger charge is 2.34. The first-order valence-corrected chi connectivity index (χ1v) is 8.11. The van der Waals surface area contributed by atoms with Crippen LogP contribution in [0.1, 0.15) is 32.8 Å². The van der Waals surface area contributed by atoms with Gasteiger partial charge in [0.15, 0.2) is 6.04 Å². The van der Waals surface area contributed by atoms with E-state index in [1.807, 2.05) is 36.4 Å². The molecule has 0 aromatic heterocycles. The van der Waals surface area contributed by atoms with Crippen molar-refractivity contribution in [1.82, 2.24) is 4.90 Å². The zero-order valence-electron chi connectivity index (χ0n) is 14.7. The highest BCUT2D eigenvalue weighted by Crippen LogP contribution is 2.23. The average Bonchev–Trinajstić information content (AvgIpc) is 2.53. The van der Waals surface area contributed by atoms with Crippen molar-refractivity contribution < 1.29 is 19.1 Å². The highest BCUT2D eigenvalue weighted by atomic mass is 16.6. The Morgan fingerprint density at radius 2 is 1.88 bits per heavy atom. The fourth-order valence-corrected chi connectivity index (χ4v) is 2.65. The Balaban J connectivity index is 2.18. The largest absolute Gasteiger partial charge is 0.467 e. The van der Waals surface area contributed by atoms with Crippen molar-refractivity contribution in [2.75, 3.05) is 13.7 Å². The molecule has 5 nitrogen and oxygen atoms in total. The maximum absolute atomic E-state index is 12.4. The molecule has 1 aromatic carbocycles. The molecule has 1 amide bonds. The SMILES string of the molecule is COC(=O)[C@H]1C=C(Cc2ccccc2)CCN1C(=O)OC(C)(C)C. The number of ether oxygens (including phenoxy) is 2. The summed E-state index contributed by atoms with van der Waals surface area (Å²) in [7, 11) is 1.33. The molecule has 0 radical (unpaired) electrons. The predicted molar refractivity (Wildman–Crippen MR) is 91.6 cm³/mol. The van der Waals surface area contributed by atoms with Gasteiger partial charge in [-0.25, -0.2) is 9.59 Å². The molecule has 0 N–H and O–H groups in total. The lowest BCUT2D eigenvalue weighted by Gasteiger charge is -2.34. The van der Waals surface area contributed by atoms with Crippen LogP contribution < -0.4 is 0 Å². The van der Waals surface area contributed by atoms with Gasteiger partial charge in [0.05, 0.1) is 7.11 Å². The fraction of sp³-hybridized carbons (Fsp3) is 0.474. The van der Waals surface area contributed by atoms with Crippen molar-refractivity contribution in [3.63, 3.8) is 0 Å². The summed E-state index contributed by atoms with van der Waals surface area (Å²) in [6, 6.07) is 9.31. The Morgan fingerprint density at radius 3 is 2.46 bits per heavy atom. The predicted octanol–water partition coefficient (Wildman–Crippen LogP) is 3.34. The van der Waals surface area contributed by atoms with Crippen LogP contribution in [0.15, 0.2) is 42.0 Å². The first-order valence-electron chi connectivity index (χ1n) is 8.11. The van der Waals surface area contributed by atoms with E-state index in [1.54, 1.807) is 20.8 Å². The van der Waals surface area contributed by atoms with Crippen molar-refractivity contribution in [3.8, 4) is 0 Å². The number of benzene rings is 1. The molecular formula is C19H25NO4. The molecule has 2 rings (SSSR count). The summed E-state index contributed by atoms with van der Waals surface area (Å²) in [5, 5.41) is 0. The average molecular weight is 331 g/mol. The number of esters is 1. The molecule has 130 valence electrons. The van der Waals surface area contributed by atoms with Gasteiger partial charge in [0.1, 0.15) is 5.60 Å². The Hall–Kier alpha value is -2.30. The second-order valence-electron chi connectivity index (χ2n) is 6.88. The minimum Gasteiger partial charge on any atom is -0.467 e. The monoisotopic (exact) mass is 331 g/mol. The van der Waals surface area contributed by atoms with E-state index in [1.165, 1.54) is 17.6 Å². The minimum absolute atomic E-state index is 0.438. The molecule has 1 atom stereocenters. The van der Waals surface area contributed by atoms with Crippen molar-refractivity contribution in [3.05, 3.63) is 47.5 Å². The van der Waals surface area contributed by atoms with Crippen LogP contribution in [0.2, 0.25) is 0 Å². The van der Waals surface area contributed by atoms with Crippen molar-refractivity contribution in [2.45, 2.75) is 45.3 Å². The van der Waals surface area contributed by atoms with Crippen LogP contribution in [0.25, 0.3) is 0 Å². The van der Waals surface area contributed by atoms with E-state index in [9.17, 15) is 9.59 Å². The molecule has 0 aliphatic carbocycles. The van der Waals surface area contributed by atoms with Crippen molar-refractivity contribution >= 4 is 12.1 Å². The first kappa shape index (κ1) is 18.0. The van der Waals surface area contributed by atoms with E-state index in [0.29, 0.717) is 13.0 Å². The van der Waals surface area contributed by atoms with Gasteiger partial charge in [-0.2, -0.15) is 0 Å². The van der Waals surface area contributed by atoms with Crippen LogP contribution in [-0.2, 0) is 20.7 Å². The normalized spacial score (nSPS) is 17.9. The second-order valence-corrected chi connectivity index (χ2v) is 6.88. The van der Waals surface area contributed by atoms with Gasteiger partial charge in [0.25, 0.3) is 0 Å². The molecule has 0 unspecified atom stereocenters. The summed E-state index contributed by atoms with van der Waals surface area (Å²) in [5.41, 5.74) is 1.70. The molecular weight excluding hydrogens is 306 g/mol. The van der Waals surface area contributed by atoms with E-state index in [4.69, 9.17) is 9.47 Å². The quantitative estimate of drug-likeness (QED) is 0.630. The smallest absolute Gasteiger partial charge is 0.411 e. The number of amides is 1. The van der Waals surface area contributed by atoms with Gasteiger partial charge < -0.3 is 9.47 Å². The summed E-state index contributed by atoms with van der Waals surface area (Å²) in [5.74, 6) is -0.453. The molecule has 1 aromatic rings. The number of hydrogen-bond acceptors (Lipinski definition) is 4. The lowest BCUT2D eigenvalue weighted by atomic mass is 9.96. The van der Waals surface area contributed by atoms with Gasteiger partial charge in [-0.15, -0.1) is 0 Å². The Labute approximate surface area is 143 Å². The van der Waals surface area contributed by atoms with E-state index >= 15 is 0 Å². The lowest BCUT2D eigenvalue weighted by Crippen LogP contribution is -2.49. The molecule has 24 heavy (non-hydrogen) atoms. The Bertz CT molecular complexity index is 616. The summed E-state index contributed by atoms with van der Waals surface area (Å²) < 4.78 is 10.3. The summed E-state index contributed by atoms with van der Waals surface area (Å²) in [6.45, 7) is 5.85. The zero-order valence-corrected chi connectivity index (χ0v) is 14.7. The molecule has 0 saturated heterocycles. The van der Waals surface area contributed by atoms with Crippen LogP contribution in [0.4, 0.5) is 4.79 Å². The molecule has 0 bridgehead atoms. The summed E-state index contributed by atoms with van der Waals surface area (Å²) >= 11 is 0. The standard InChI is InChI=1S/C19H25NO4/c1-19(2,3)24-18(22)20-11-10-15(13-16(20)17(21)23-4)12-14-8-6-5-7-9-14/h5-9,13,16H,10-12H2,1-4H3/t16-/m1/s1. The van der Waals surface area contributed by atoms with Crippen LogP contribution in [0, 0.1) is 0 Å². The third-order valence-corrected chi connectivity index (χ3v) is 3.75. The van der Waals surface area contributed by atoms with Crippen LogP contribution in [0.3, 0.4) is 0 Å². The van der Waals surface area contributed by atoms with Gasteiger partial charge in [0.2, 0.25) is 0 Å². The Morgan fingerprint density at radius 1 is 1.21 bits per heavy atom. The maximum Gasteiger partial charge on any atom is 0.411 e. The van der Waals surface area contributed by atoms with Crippen LogP contribution in [-0.4, -0.2) is 42.3 Å². The second kappa shape index (κ2) is 7.51. The van der Waals surface area contributed by atoms with Gasteiger partial charge in [-0.1, -0.05) is 42.0 Å². The van der Waals surface area contributed by atoms with E-state index < -0.39 is 23.7 Å². The number of carbonyl (C=O) groups excluding carboxylic acids is 2. The van der Waals surface area contributed by atoms with Gasteiger partial charge in [-0.05, 0) is 39.2 Å². The van der Waals surface area contributed by atoms with Gasteiger partial charge in [0, 0.05) is 6.54 Å². The molecule has 1 heterocycles. The fourth-order valence-electron chi connectivity index (χ4n) is 2.65. The molecule has 1 aliphatic rings. The highest BCUT2D eigenvalue weighted by molar-refractivity contribution is 5.84. The number of nitrogens with zero attached hydrogens (tertiary/aromatic N) is 1. The number of rotatable bonds is 3. The van der Waals surface area contributed by atoms with E-state index in [-0.39, 0.29) is 0 Å². The third kappa shape index (κ3) is 4.85. The minimum atomic E-state index is -0.739. The van der Waals surface area contributed by atoms with Crippen LogP contribution in [0.5, 0.6) is 0 Å². The molecule has 1 aliphatic heterocycles. The molecule has 0 spiro atoms. The molecule has 0 fully saturated rings. The Kier molecular flexibility index (Phi) is 5.65. The topological polar surface area (TPSA) is 55.8 Å². The molecule has 5 heteroatoms. The van der Waals surface area contributed by atoms with Crippen LogP contribution >= 0.6 is 0 Å².